The van der Waals surface area contributed by atoms with Crippen molar-refractivity contribution >= 4 is 46.2 Å². The number of rotatable bonds is 12. The van der Waals surface area contributed by atoms with E-state index in [1.54, 1.807) is 28.6 Å². The Morgan fingerprint density at radius 3 is 2.07 bits per heavy atom. The lowest BCUT2D eigenvalue weighted by atomic mass is 9.87. The van der Waals surface area contributed by atoms with E-state index in [2.05, 4.69) is 43.4 Å². The topological polar surface area (TPSA) is 198 Å². The van der Waals surface area contributed by atoms with Gasteiger partial charge in [0, 0.05) is 34.5 Å². The van der Waals surface area contributed by atoms with E-state index in [0.29, 0.717) is 78.2 Å². The number of amides is 4. The quantitative estimate of drug-likeness (QED) is 0.0916. The van der Waals surface area contributed by atoms with Crippen LogP contribution in [-0.2, 0) is 23.8 Å². The lowest BCUT2D eigenvalue weighted by Gasteiger charge is -2.36. The normalized spacial score (nSPS) is 24.0. The molecule has 4 saturated heterocycles. The Kier molecular flexibility index (Phi) is 12.3. The van der Waals surface area contributed by atoms with Crippen molar-refractivity contribution < 1.29 is 42.5 Å². The van der Waals surface area contributed by atoms with E-state index in [4.69, 9.17) is 28.9 Å². The highest BCUT2D eigenvalue weighted by molar-refractivity contribution is 7.12. The number of halogens is 1. The summed E-state index contributed by atoms with van der Waals surface area (Å²) in [6, 6.07) is 13.7. The lowest BCUT2D eigenvalue weighted by Crippen LogP contribution is -2.54. The Morgan fingerprint density at radius 1 is 0.767 bits per heavy atom. The molecule has 6 aliphatic rings. The van der Waals surface area contributed by atoms with Crippen molar-refractivity contribution in [2.75, 3.05) is 27.3 Å². The van der Waals surface area contributed by atoms with Crippen LogP contribution in [0.3, 0.4) is 0 Å². The molecule has 12 rings (SSSR count). The average molecular weight is 1010 g/mol. The number of carbonyl (C=O) groups excluding carboxylic acids is 4. The number of hydrogen-bond donors (Lipinski definition) is 4. The van der Waals surface area contributed by atoms with Gasteiger partial charge in [0.1, 0.15) is 35.3 Å². The van der Waals surface area contributed by atoms with E-state index in [9.17, 15) is 19.2 Å². The lowest BCUT2D eigenvalue weighted by molar-refractivity contribution is -0.138. The van der Waals surface area contributed by atoms with Gasteiger partial charge in [-0.3, -0.25) is 14.2 Å². The molecule has 4 N–H and O–H groups in total. The van der Waals surface area contributed by atoms with Crippen LogP contribution in [0, 0.1) is 17.7 Å². The fourth-order valence-electron chi connectivity index (χ4n) is 12.1. The van der Waals surface area contributed by atoms with Crippen molar-refractivity contribution in [1.82, 2.24) is 44.9 Å². The molecule has 5 fully saturated rings. The monoisotopic (exact) mass is 1010 g/mol. The number of hydrogen-bond acceptors (Lipinski definition) is 11. The first-order chi connectivity index (χ1) is 35.4. The van der Waals surface area contributed by atoms with E-state index in [1.807, 2.05) is 43.0 Å². The summed E-state index contributed by atoms with van der Waals surface area (Å²) in [4.78, 5) is 75.5. The number of alkyl carbamates (subject to hydrolysis) is 2. The number of nitrogens with zero attached hydrogens (tertiary/aromatic N) is 5. The second kappa shape index (κ2) is 19.0. The molecule has 4 unspecified atom stereocenters. The van der Waals surface area contributed by atoms with E-state index < -0.39 is 36.3 Å². The van der Waals surface area contributed by atoms with Gasteiger partial charge in [-0.05, 0) is 124 Å². The van der Waals surface area contributed by atoms with Crippen LogP contribution in [0.15, 0.2) is 60.9 Å². The van der Waals surface area contributed by atoms with Crippen LogP contribution in [-0.4, -0.2) is 110 Å². The van der Waals surface area contributed by atoms with Gasteiger partial charge in [-0.2, -0.15) is 0 Å². The highest BCUT2D eigenvalue weighted by atomic mass is 32.1. The van der Waals surface area contributed by atoms with Gasteiger partial charge in [-0.25, -0.2) is 23.9 Å². The number of aromatic nitrogens is 5. The summed E-state index contributed by atoms with van der Waals surface area (Å²) in [5.74, 6) is 1.19. The summed E-state index contributed by atoms with van der Waals surface area (Å²) in [7, 11) is 2.59. The Balaban J connectivity index is 0.841. The molecule has 4 aromatic heterocycles. The molecule has 382 valence electrons. The van der Waals surface area contributed by atoms with Gasteiger partial charge in [0.15, 0.2) is 0 Å². The predicted molar refractivity (Wildman–Crippen MR) is 269 cm³/mol. The van der Waals surface area contributed by atoms with Gasteiger partial charge < -0.3 is 49.3 Å². The summed E-state index contributed by atoms with van der Waals surface area (Å²) < 4.78 is 41.9. The molecular weight excluding hydrogens is 954 g/mol. The maximum absolute atomic E-state index is 17.0. The molecule has 1 saturated carbocycles. The number of benzene rings is 2. The number of methoxy groups -OCH3 is 2. The third-order valence-corrected chi connectivity index (χ3v) is 17.2. The Morgan fingerprint density at radius 2 is 1.41 bits per heavy atom. The standard InChI is InChI=1S/C54H60FN9O8S/c1-27(2)46(60-53(67)69-3)50(65)62-17-5-7-39(62)49-57-26-37(59-49)30-22-35(55)45-41-23-31-19-29(11-14-38(31)64(41)52(72-42(45)24-30)44-16-15-43(73-44)28-9-10-28)36-25-56-48(58-36)40-8-6-18-63(40)51(66)47(61-54(68)70-4)32-20-33-12-13-34(21-32)71-33/h11,14-16,19,22-28,32-34,39-40,46-47,52H,5-10,12-13,17-18,20-21H2,1-4H3,(H,56,58)(H,57,59)(H,60,67)(H,61,68)/t32?,33?,34?,39-,40-,46-,47?,52?/m0/s1. The second-order valence-corrected chi connectivity index (χ2v) is 22.0. The Labute approximate surface area is 425 Å². The zero-order valence-electron chi connectivity index (χ0n) is 41.3. The van der Waals surface area contributed by atoms with Crippen LogP contribution >= 0.6 is 11.3 Å². The van der Waals surface area contributed by atoms with Crippen LogP contribution in [0.4, 0.5) is 14.0 Å². The molecule has 6 aromatic rings. The summed E-state index contributed by atoms with van der Waals surface area (Å²) in [6.45, 7) is 4.81. The summed E-state index contributed by atoms with van der Waals surface area (Å²) in [5, 5.41) is 6.48. The van der Waals surface area contributed by atoms with Crippen molar-refractivity contribution in [2.45, 2.75) is 127 Å². The minimum atomic E-state index is -0.769. The molecule has 0 radical (unpaired) electrons. The minimum Gasteiger partial charge on any atom is -0.464 e. The van der Waals surface area contributed by atoms with Crippen molar-refractivity contribution in [3.63, 3.8) is 0 Å². The molecule has 73 heavy (non-hydrogen) atoms. The number of imidazole rings is 2. The Hall–Kier alpha value is -6.73. The molecule has 7 atom stereocenters. The number of nitrogens with one attached hydrogen (secondary N) is 4. The molecule has 17 nitrogen and oxygen atoms in total. The molecule has 1 aliphatic carbocycles. The highest BCUT2D eigenvalue weighted by Gasteiger charge is 2.45. The summed E-state index contributed by atoms with van der Waals surface area (Å²) >= 11 is 1.73. The summed E-state index contributed by atoms with van der Waals surface area (Å²) in [5.41, 5.74) is 4.72. The zero-order valence-corrected chi connectivity index (χ0v) is 42.1. The zero-order chi connectivity index (χ0) is 50.2. The molecule has 2 bridgehead atoms. The number of H-pyrrole nitrogens is 2. The predicted octanol–water partition coefficient (Wildman–Crippen LogP) is 9.50. The summed E-state index contributed by atoms with van der Waals surface area (Å²) in [6.07, 6.45) is 10.5. The first-order valence-electron chi connectivity index (χ1n) is 25.7. The third-order valence-electron chi connectivity index (χ3n) is 15.9. The van der Waals surface area contributed by atoms with Crippen molar-refractivity contribution in [1.29, 1.82) is 0 Å². The van der Waals surface area contributed by atoms with E-state index in [-0.39, 0.29) is 47.9 Å². The first-order valence-corrected chi connectivity index (χ1v) is 26.6. The van der Waals surface area contributed by atoms with Crippen LogP contribution in [0.5, 0.6) is 5.75 Å². The van der Waals surface area contributed by atoms with Gasteiger partial charge in [-0.1, -0.05) is 19.9 Å². The van der Waals surface area contributed by atoms with E-state index in [0.717, 1.165) is 59.1 Å². The number of fused-ring (bicyclic) bond motifs is 7. The van der Waals surface area contributed by atoms with Crippen molar-refractivity contribution in [3.8, 4) is 39.5 Å². The molecule has 0 spiro atoms. The average Bonchev–Trinajstić information content (AvgIpc) is 4.17. The van der Waals surface area contributed by atoms with Crippen LogP contribution < -0.4 is 15.4 Å². The highest BCUT2D eigenvalue weighted by Crippen LogP contribution is 2.51. The van der Waals surface area contributed by atoms with E-state index >= 15 is 4.39 Å². The number of aromatic amines is 2. The number of carbonyl (C=O) groups is 4. The van der Waals surface area contributed by atoms with Crippen LogP contribution in [0.1, 0.15) is 124 Å². The molecule has 4 amide bonds. The molecular formula is C54H60FN9O8S. The minimum absolute atomic E-state index is 0.0556. The maximum atomic E-state index is 17.0. The largest absolute Gasteiger partial charge is 0.464 e. The maximum Gasteiger partial charge on any atom is 0.407 e. The fraction of sp³-hybridized carbons (Fsp3) is 0.481. The molecule has 5 aliphatic heterocycles. The van der Waals surface area contributed by atoms with Crippen molar-refractivity contribution in [3.05, 3.63) is 88.1 Å². The van der Waals surface area contributed by atoms with Crippen molar-refractivity contribution in [2.24, 2.45) is 11.8 Å². The third kappa shape index (κ3) is 8.70. The number of thiophene rings is 1. The van der Waals surface area contributed by atoms with E-state index in [1.165, 1.54) is 38.0 Å². The molecule has 19 heteroatoms. The van der Waals surface area contributed by atoms with Gasteiger partial charge in [0.05, 0.1) is 83.9 Å². The second-order valence-electron chi connectivity index (χ2n) is 20.9. The van der Waals surface area contributed by atoms with Crippen LogP contribution in [0.25, 0.3) is 44.7 Å². The van der Waals surface area contributed by atoms with Gasteiger partial charge in [0.25, 0.3) is 0 Å². The molecule has 9 heterocycles. The van der Waals surface area contributed by atoms with Gasteiger partial charge >= 0.3 is 12.2 Å². The molecule has 2 aromatic carbocycles. The number of likely N-dealkylation sites (tertiary alicyclic amines) is 2. The Bertz CT molecular complexity index is 3110. The first kappa shape index (κ1) is 47.3. The van der Waals surface area contributed by atoms with Gasteiger partial charge in [-0.15, -0.1) is 11.3 Å². The van der Waals surface area contributed by atoms with Gasteiger partial charge in [0.2, 0.25) is 18.0 Å². The fourth-order valence-corrected chi connectivity index (χ4v) is 13.3. The SMILES string of the molecule is COC(=O)NC(C(=O)N1CCC[C@H]1c1ncc(-c2ccc3c(c2)cc2n3C(c3ccc(C4CC4)s3)Oc3cc(-c4cnc([C@@H]5CCCN5C(=O)[C@@H](NC(=O)OC)C(C)C)[nH]4)cc(F)c3-2)[nH]1)C1CC2CCC(C1)O2. The van der Waals surface area contributed by atoms with Crippen LogP contribution in [0.2, 0.25) is 0 Å². The smallest absolute Gasteiger partial charge is 0.407 e. The number of ether oxygens (including phenoxy) is 4.